The molecule has 1 heterocycles. The van der Waals surface area contributed by atoms with Gasteiger partial charge in [0.1, 0.15) is 0 Å². The van der Waals surface area contributed by atoms with Gasteiger partial charge in [-0.3, -0.25) is 0 Å². The van der Waals surface area contributed by atoms with Crippen molar-refractivity contribution < 1.29 is 17.9 Å². The molecule has 1 aliphatic heterocycles. The quantitative estimate of drug-likeness (QED) is 0.640. The molecular formula is C10H21N3O4S. The minimum atomic E-state index is -3.82. The summed E-state index contributed by atoms with van der Waals surface area (Å²) in [4.78, 5) is 11.1. The molecule has 18 heavy (non-hydrogen) atoms. The second-order valence-electron chi connectivity index (χ2n) is 4.54. The van der Waals surface area contributed by atoms with Crippen molar-refractivity contribution in [1.29, 1.82) is 0 Å². The summed E-state index contributed by atoms with van der Waals surface area (Å²) in [5.74, 6) is 0. The first-order valence-corrected chi connectivity index (χ1v) is 7.59. The molecule has 1 amide bonds. The average molecular weight is 279 g/mol. The van der Waals surface area contributed by atoms with Gasteiger partial charge in [-0.15, -0.1) is 0 Å². The van der Waals surface area contributed by atoms with E-state index in [1.165, 1.54) is 0 Å². The van der Waals surface area contributed by atoms with Crippen LogP contribution in [0, 0.1) is 0 Å². The molecule has 0 aromatic carbocycles. The van der Waals surface area contributed by atoms with Gasteiger partial charge in [0.2, 0.25) is 0 Å². The Kier molecular flexibility index (Phi) is 5.83. The molecule has 0 radical (unpaired) electrons. The van der Waals surface area contributed by atoms with Gasteiger partial charge in [0.25, 0.3) is 0 Å². The molecule has 0 unspecified atom stereocenters. The first-order valence-electron chi connectivity index (χ1n) is 6.10. The molecule has 0 aromatic rings. The average Bonchev–Trinajstić information content (AvgIpc) is 2.67. The van der Waals surface area contributed by atoms with Crippen LogP contribution in [-0.4, -0.2) is 39.7 Å². The fourth-order valence-corrected chi connectivity index (χ4v) is 2.48. The standard InChI is InChI=1S/C10H21N3O4S/c1-8(2)17-10(14)13-18(15,16)12-7-5-9-4-3-6-11-9/h8-9,11-12H,3-7H2,1-2H3,(H,13,14)/t9-/m1/s1. The molecule has 8 heteroatoms. The molecule has 7 nitrogen and oxygen atoms in total. The van der Waals surface area contributed by atoms with Gasteiger partial charge in [-0.2, -0.15) is 13.1 Å². The predicted molar refractivity (Wildman–Crippen MR) is 67.3 cm³/mol. The Morgan fingerprint density at radius 3 is 2.78 bits per heavy atom. The molecule has 0 aliphatic carbocycles. The lowest BCUT2D eigenvalue weighted by Crippen LogP contribution is -2.42. The Hall–Kier alpha value is -0.860. The normalized spacial score (nSPS) is 20.1. The largest absolute Gasteiger partial charge is 0.446 e. The van der Waals surface area contributed by atoms with E-state index in [1.807, 2.05) is 0 Å². The zero-order chi connectivity index (χ0) is 13.6. The van der Waals surface area contributed by atoms with Crippen molar-refractivity contribution in [3.63, 3.8) is 0 Å². The van der Waals surface area contributed by atoms with Crippen LogP contribution < -0.4 is 14.8 Å². The van der Waals surface area contributed by atoms with E-state index in [0.29, 0.717) is 19.0 Å². The molecule has 0 spiro atoms. The van der Waals surface area contributed by atoms with Gasteiger partial charge < -0.3 is 10.1 Å². The van der Waals surface area contributed by atoms with E-state index < -0.39 is 16.3 Å². The summed E-state index contributed by atoms with van der Waals surface area (Å²) in [5, 5.41) is 3.26. The first kappa shape index (κ1) is 15.2. The molecule has 106 valence electrons. The fourth-order valence-electron chi connectivity index (χ4n) is 1.75. The van der Waals surface area contributed by atoms with Gasteiger partial charge in [-0.1, -0.05) is 0 Å². The minimum Gasteiger partial charge on any atom is -0.446 e. The molecule has 0 aromatic heterocycles. The van der Waals surface area contributed by atoms with Gasteiger partial charge in [0.15, 0.2) is 0 Å². The summed E-state index contributed by atoms with van der Waals surface area (Å²) >= 11 is 0. The summed E-state index contributed by atoms with van der Waals surface area (Å²) in [7, 11) is -3.82. The Labute approximate surface area is 108 Å². The number of carbonyl (C=O) groups excluding carboxylic acids is 1. The maximum absolute atomic E-state index is 11.5. The number of hydrogen-bond acceptors (Lipinski definition) is 5. The van der Waals surface area contributed by atoms with E-state index in [0.717, 1.165) is 19.4 Å². The number of ether oxygens (including phenoxy) is 1. The van der Waals surface area contributed by atoms with E-state index in [-0.39, 0.29) is 6.10 Å². The molecule has 1 atom stereocenters. The number of amides is 1. The van der Waals surface area contributed by atoms with Crippen LogP contribution in [0.3, 0.4) is 0 Å². The van der Waals surface area contributed by atoms with Crippen LogP contribution in [0.15, 0.2) is 0 Å². The third kappa shape index (κ3) is 6.18. The predicted octanol–water partition coefficient (Wildman–Crippen LogP) is 0.0975. The third-order valence-corrected chi connectivity index (χ3v) is 3.53. The third-order valence-electron chi connectivity index (χ3n) is 2.51. The highest BCUT2D eigenvalue weighted by Crippen LogP contribution is 2.07. The maximum atomic E-state index is 11.5. The highest BCUT2D eigenvalue weighted by atomic mass is 32.2. The van der Waals surface area contributed by atoms with Crippen molar-refractivity contribution >= 4 is 16.3 Å². The zero-order valence-corrected chi connectivity index (χ0v) is 11.5. The van der Waals surface area contributed by atoms with Crippen LogP contribution in [0.4, 0.5) is 4.79 Å². The summed E-state index contributed by atoms with van der Waals surface area (Å²) in [6, 6.07) is 0.357. The van der Waals surface area contributed by atoms with E-state index in [9.17, 15) is 13.2 Å². The van der Waals surface area contributed by atoms with Crippen molar-refractivity contribution in [3.05, 3.63) is 0 Å². The molecule has 1 rings (SSSR count). The first-order chi connectivity index (χ1) is 8.39. The van der Waals surface area contributed by atoms with Gasteiger partial charge in [-0.25, -0.2) is 9.52 Å². The molecule has 1 aliphatic rings. The Bertz CT molecular complexity index is 363. The van der Waals surface area contributed by atoms with Crippen LogP contribution in [0.2, 0.25) is 0 Å². The van der Waals surface area contributed by atoms with Crippen molar-refractivity contribution in [2.45, 2.75) is 45.3 Å². The van der Waals surface area contributed by atoms with Crippen LogP contribution in [-0.2, 0) is 14.9 Å². The zero-order valence-electron chi connectivity index (χ0n) is 10.7. The lowest BCUT2D eigenvalue weighted by atomic mass is 10.2. The van der Waals surface area contributed by atoms with Crippen LogP contribution >= 0.6 is 0 Å². The Morgan fingerprint density at radius 1 is 1.50 bits per heavy atom. The lowest BCUT2D eigenvalue weighted by Gasteiger charge is -2.12. The van der Waals surface area contributed by atoms with Crippen molar-refractivity contribution in [1.82, 2.24) is 14.8 Å². The topological polar surface area (TPSA) is 96.5 Å². The van der Waals surface area contributed by atoms with Gasteiger partial charge in [-0.05, 0) is 39.7 Å². The lowest BCUT2D eigenvalue weighted by molar-refractivity contribution is 0.121. The summed E-state index contributed by atoms with van der Waals surface area (Å²) < 4.78 is 31.7. The number of rotatable bonds is 6. The van der Waals surface area contributed by atoms with Crippen molar-refractivity contribution in [2.75, 3.05) is 13.1 Å². The fraction of sp³-hybridized carbons (Fsp3) is 0.900. The van der Waals surface area contributed by atoms with Crippen LogP contribution in [0.25, 0.3) is 0 Å². The molecular weight excluding hydrogens is 258 g/mol. The smallest absolute Gasteiger partial charge is 0.422 e. The minimum absolute atomic E-state index is 0.294. The molecule has 1 fully saturated rings. The van der Waals surface area contributed by atoms with Crippen molar-refractivity contribution in [3.8, 4) is 0 Å². The van der Waals surface area contributed by atoms with E-state index >= 15 is 0 Å². The highest BCUT2D eigenvalue weighted by molar-refractivity contribution is 7.88. The van der Waals surface area contributed by atoms with E-state index in [2.05, 4.69) is 14.8 Å². The van der Waals surface area contributed by atoms with Gasteiger partial charge in [0, 0.05) is 12.6 Å². The number of hydrogen-bond donors (Lipinski definition) is 3. The number of nitrogens with one attached hydrogen (secondary N) is 3. The summed E-state index contributed by atoms with van der Waals surface area (Å²) in [6.45, 7) is 4.56. The van der Waals surface area contributed by atoms with Gasteiger partial charge >= 0.3 is 16.3 Å². The Morgan fingerprint density at radius 2 is 2.22 bits per heavy atom. The molecule has 1 saturated heterocycles. The molecule has 0 bridgehead atoms. The molecule has 0 saturated carbocycles. The second kappa shape index (κ2) is 6.91. The number of carbonyl (C=O) groups is 1. The van der Waals surface area contributed by atoms with E-state index in [1.54, 1.807) is 18.6 Å². The van der Waals surface area contributed by atoms with Crippen LogP contribution in [0.5, 0.6) is 0 Å². The maximum Gasteiger partial charge on any atom is 0.422 e. The summed E-state index contributed by atoms with van der Waals surface area (Å²) in [6.07, 6.45) is 1.57. The van der Waals surface area contributed by atoms with Crippen molar-refractivity contribution in [2.24, 2.45) is 0 Å². The van der Waals surface area contributed by atoms with Crippen LogP contribution in [0.1, 0.15) is 33.1 Å². The molecule has 3 N–H and O–H groups in total. The summed E-state index contributed by atoms with van der Waals surface area (Å²) in [5.41, 5.74) is 0. The van der Waals surface area contributed by atoms with Gasteiger partial charge in [0.05, 0.1) is 6.10 Å². The highest BCUT2D eigenvalue weighted by Gasteiger charge is 2.18. The van der Waals surface area contributed by atoms with E-state index in [4.69, 9.17) is 0 Å². The second-order valence-corrected chi connectivity index (χ2v) is 6.04. The Balaban J connectivity index is 2.24. The monoisotopic (exact) mass is 279 g/mol. The SMILES string of the molecule is CC(C)OC(=O)NS(=O)(=O)NCC[C@H]1CCCN1.